The number of anilines is 1. The second-order valence-corrected chi connectivity index (χ2v) is 10.6. The van der Waals surface area contributed by atoms with E-state index in [9.17, 15) is 18.7 Å². The highest BCUT2D eigenvalue weighted by molar-refractivity contribution is 7.99. The molecule has 36 heavy (non-hydrogen) atoms. The first-order chi connectivity index (χ1) is 17.0. The molecular formula is C26H27F2N5O2S. The number of phenols is 1. The van der Waals surface area contributed by atoms with Crippen LogP contribution in [-0.4, -0.2) is 51.3 Å². The molecule has 0 spiro atoms. The molecule has 188 valence electrons. The van der Waals surface area contributed by atoms with E-state index in [1.807, 2.05) is 4.90 Å². The number of aromatic hydroxyl groups is 1. The van der Waals surface area contributed by atoms with Crippen molar-refractivity contribution >= 4 is 29.4 Å². The maximum absolute atomic E-state index is 13.7. The number of rotatable bonds is 6. The molecule has 0 bridgehead atoms. The molecule has 0 unspecified atom stereocenters. The van der Waals surface area contributed by atoms with Gasteiger partial charge in [-0.2, -0.15) is 5.10 Å². The molecule has 3 heterocycles. The van der Waals surface area contributed by atoms with Crippen LogP contribution in [0.25, 0.3) is 0 Å². The van der Waals surface area contributed by atoms with Crippen LogP contribution in [0, 0.1) is 5.92 Å². The molecule has 7 nitrogen and oxygen atoms in total. The highest BCUT2D eigenvalue weighted by atomic mass is 32.2. The topological polar surface area (TPSA) is 74.0 Å². The third-order valence-electron chi connectivity index (χ3n) is 6.47. The molecule has 5 rings (SSSR count). The summed E-state index contributed by atoms with van der Waals surface area (Å²) < 4.78 is 29.1. The molecule has 0 saturated carbocycles. The van der Waals surface area contributed by atoms with Crippen molar-refractivity contribution in [3.63, 3.8) is 0 Å². The van der Waals surface area contributed by atoms with E-state index in [0.29, 0.717) is 41.4 Å². The number of alkyl halides is 2. The number of hydrogen-bond acceptors (Lipinski definition) is 6. The van der Waals surface area contributed by atoms with Crippen molar-refractivity contribution in [3.05, 3.63) is 65.2 Å². The Labute approximate surface area is 212 Å². The zero-order chi connectivity index (χ0) is 25.8. The van der Waals surface area contributed by atoms with Crippen molar-refractivity contribution < 1.29 is 18.7 Å². The lowest BCUT2D eigenvalue weighted by molar-refractivity contribution is 0.0174. The van der Waals surface area contributed by atoms with E-state index in [-0.39, 0.29) is 23.3 Å². The van der Waals surface area contributed by atoms with Crippen molar-refractivity contribution in [2.45, 2.75) is 49.2 Å². The molecule has 1 atom stereocenters. The number of phenolic OH excluding ortho intramolecular Hbond substituents is 1. The summed E-state index contributed by atoms with van der Waals surface area (Å²) in [7, 11) is 1.72. The van der Waals surface area contributed by atoms with Gasteiger partial charge in [0.25, 0.3) is 11.8 Å². The SMILES string of the molecule is CC(C)[C@@H]1CN2C(=N1)N(C)C(=O)c1c2nn(Cc2ccc(C(C)(F)F)cc2)c1Sc1ccc(O)cc1. The quantitative estimate of drug-likeness (QED) is 0.493. The van der Waals surface area contributed by atoms with Gasteiger partial charge in [-0.25, -0.2) is 13.8 Å². The summed E-state index contributed by atoms with van der Waals surface area (Å²) in [4.78, 5) is 22.7. The standard InChI is InChI=1S/C26H27F2N5O2S/c1-15(2)20-14-32-22-21(23(35)31(4)25(32)29-20)24(36-19-11-9-18(34)10-12-19)33(30-22)13-16-5-7-17(8-6-16)26(3,27)28/h5-12,15,20,34H,13-14H2,1-4H3/t20-/m0/s1. The van der Waals surface area contributed by atoms with Crippen molar-refractivity contribution in [2.75, 3.05) is 18.5 Å². The average Bonchev–Trinajstić information content (AvgIpc) is 3.42. The van der Waals surface area contributed by atoms with E-state index in [1.165, 1.54) is 23.9 Å². The van der Waals surface area contributed by atoms with Gasteiger partial charge in [0.2, 0.25) is 5.96 Å². The van der Waals surface area contributed by atoms with Crippen LogP contribution >= 0.6 is 11.8 Å². The molecule has 1 N–H and O–H groups in total. The highest BCUT2D eigenvalue weighted by Crippen LogP contribution is 2.41. The Morgan fingerprint density at radius 2 is 1.81 bits per heavy atom. The first kappa shape index (κ1) is 24.3. The molecule has 3 aromatic rings. The van der Waals surface area contributed by atoms with Crippen LogP contribution in [0.5, 0.6) is 5.75 Å². The predicted octanol–water partition coefficient (Wildman–Crippen LogP) is 5.19. The molecule has 10 heteroatoms. The molecule has 0 aliphatic carbocycles. The van der Waals surface area contributed by atoms with Crippen molar-refractivity contribution in [2.24, 2.45) is 10.9 Å². The van der Waals surface area contributed by atoms with Gasteiger partial charge in [0.1, 0.15) is 16.3 Å². The summed E-state index contributed by atoms with van der Waals surface area (Å²) in [5, 5.41) is 15.2. The van der Waals surface area contributed by atoms with E-state index >= 15 is 0 Å². The lowest BCUT2D eigenvalue weighted by Gasteiger charge is -2.30. The third-order valence-corrected chi connectivity index (χ3v) is 7.58. The zero-order valence-electron chi connectivity index (χ0n) is 20.4. The number of guanidine groups is 1. The van der Waals surface area contributed by atoms with E-state index in [0.717, 1.165) is 17.4 Å². The van der Waals surface area contributed by atoms with Gasteiger partial charge in [-0.1, -0.05) is 49.9 Å². The number of carbonyl (C=O) groups excluding carboxylic acids is 1. The maximum Gasteiger partial charge on any atom is 0.270 e. The van der Waals surface area contributed by atoms with E-state index < -0.39 is 5.92 Å². The van der Waals surface area contributed by atoms with Crippen LogP contribution < -0.4 is 4.90 Å². The summed E-state index contributed by atoms with van der Waals surface area (Å²) >= 11 is 1.37. The molecule has 2 aromatic carbocycles. The van der Waals surface area contributed by atoms with E-state index in [2.05, 4.69) is 13.8 Å². The summed E-state index contributed by atoms with van der Waals surface area (Å²) in [6.07, 6.45) is 0. The first-order valence-electron chi connectivity index (χ1n) is 11.7. The Hall–Kier alpha value is -3.40. The first-order valence-corrected chi connectivity index (χ1v) is 12.5. The maximum atomic E-state index is 13.7. The average molecular weight is 512 g/mol. The fourth-order valence-electron chi connectivity index (χ4n) is 4.32. The number of carbonyl (C=O) groups is 1. The smallest absolute Gasteiger partial charge is 0.270 e. The van der Waals surface area contributed by atoms with Gasteiger partial charge in [-0.05, 0) is 35.7 Å². The van der Waals surface area contributed by atoms with Crippen molar-refractivity contribution in [1.82, 2.24) is 14.7 Å². The minimum Gasteiger partial charge on any atom is -0.508 e. The predicted molar refractivity (Wildman–Crippen MR) is 135 cm³/mol. The number of nitrogens with zero attached hydrogens (tertiary/aromatic N) is 5. The lowest BCUT2D eigenvalue weighted by Crippen LogP contribution is -2.48. The monoisotopic (exact) mass is 511 g/mol. The van der Waals surface area contributed by atoms with Gasteiger partial charge in [-0.3, -0.25) is 19.3 Å². The molecule has 0 radical (unpaired) electrons. The summed E-state index contributed by atoms with van der Waals surface area (Å²) in [6, 6.07) is 12.9. The second kappa shape index (κ2) is 8.92. The highest BCUT2D eigenvalue weighted by Gasteiger charge is 2.43. The minimum atomic E-state index is -2.92. The van der Waals surface area contributed by atoms with Crippen molar-refractivity contribution in [1.29, 1.82) is 0 Å². The molecule has 1 amide bonds. The largest absolute Gasteiger partial charge is 0.508 e. The molecule has 0 saturated heterocycles. The Kier molecular flexibility index (Phi) is 6.02. The van der Waals surface area contributed by atoms with Gasteiger partial charge < -0.3 is 5.11 Å². The van der Waals surface area contributed by atoms with Gasteiger partial charge in [0.05, 0.1) is 19.1 Å². The Morgan fingerprint density at radius 1 is 1.14 bits per heavy atom. The number of benzene rings is 2. The van der Waals surface area contributed by atoms with Crippen LogP contribution in [-0.2, 0) is 12.5 Å². The minimum absolute atomic E-state index is 0.0443. The molecule has 2 aliphatic heterocycles. The fourth-order valence-corrected chi connectivity index (χ4v) is 5.30. The number of fused-ring (bicyclic) bond motifs is 3. The molecule has 2 aliphatic rings. The Morgan fingerprint density at radius 3 is 2.42 bits per heavy atom. The molecule has 0 fully saturated rings. The molecular weight excluding hydrogens is 484 g/mol. The normalized spacial score (nSPS) is 17.5. The van der Waals surface area contributed by atoms with E-state index in [4.69, 9.17) is 10.1 Å². The number of aromatic nitrogens is 2. The Bertz CT molecular complexity index is 1330. The van der Waals surface area contributed by atoms with Gasteiger partial charge in [0.15, 0.2) is 5.82 Å². The second-order valence-electron chi connectivity index (χ2n) is 9.56. The number of hydrogen-bond donors (Lipinski definition) is 1. The zero-order valence-corrected chi connectivity index (χ0v) is 21.3. The van der Waals surface area contributed by atoms with Crippen LogP contribution in [0.15, 0.2) is 63.4 Å². The van der Waals surface area contributed by atoms with Gasteiger partial charge in [0, 0.05) is 24.4 Å². The van der Waals surface area contributed by atoms with Crippen LogP contribution in [0.2, 0.25) is 0 Å². The van der Waals surface area contributed by atoms with Crippen LogP contribution in [0.1, 0.15) is 42.3 Å². The summed E-state index contributed by atoms with van der Waals surface area (Å²) in [5.41, 5.74) is 1.21. The summed E-state index contributed by atoms with van der Waals surface area (Å²) in [6.45, 7) is 6.00. The number of aliphatic imine (C=N–C) groups is 1. The third kappa shape index (κ3) is 4.34. The summed E-state index contributed by atoms with van der Waals surface area (Å²) in [5.74, 6) is -1.52. The molecule has 1 aromatic heterocycles. The van der Waals surface area contributed by atoms with E-state index in [1.54, 1.807) is 53.0 Å². The Balaban J connectivity index is 1.58. The number of halogens is 2. The van der Waals surface area contributed by atoms with Crippen LogP contribution in [0.3, 0.4) is 0 Å². The van der Waals surface area contributed by atoms with Crippen LogP contribution in [0.4, 0.5) is 14.6 Å². The number of amides is 1. The van der Waals surface area contributed by atoms with Gasteiger partial charge >= 0.3 is 0 Å². The fraction of sp³-hybridized carbons (Fsp3) is 0.346. The lowest BCUT2D eigenvalue weighted by atomic mass is 10.1. The van der Waals surface area contributed by atoms with Gasteiger partial charge in [-0.15, -0.1) is 0 Å². The van der Waals surface area contributed by atoms with Crippen molar-refractivity contribution in [3.8, 4) is 5.75 Å².